The first-order valence-electron chi connectivity index (χ1n) is 4.57. The summed E-state index contributed by atoms with van der Waals surface area (Å²) in [5.41, 5.74) is 3.13. The Labute approximate surface area is 102 Å². The Morgan fingerprint density at radius 1 is 1.20 bits per heavy atom. The number of pyridine rings is 1. The summed E-state index contributed by atoms with van der Waals surface area (Å²) < 4.78 is 0. The standard InChI is InChI=1S/C12H9BrClN/c13-7-10-6-11(12(14)8-15-10)9-4-2-1-3-5-9/h1-6,8H,7H2. The molecular formula is C12H9BrClN. The van der Waals surface area contributed by atoms with Crippen LogP contribution in [0, 0.1) is 0 Å². The van der Waals surface area contributed by atoms with Gasteiger partial charge in [0.15, 0.2) is 0 Å². The van der Waals surface area contributed by atoms with Crippen molar-refractivity contribution in [3.8, 4) is 11.1 Å². The highest BCUT2D eigenvalue weighted by Crippen LogP contribution is 2.27. The minimum absolute atomic E-state index is 0.686. The van der Waals surface area contributed by atoms with Crippen LogP contribution in [0.15, 0.2) is 42.6 Å². The van der Waals surface area contributed by atoms with Crippen LogP contribution in [-0.4, -0.2) is 4.98 Å². The van der Waals surface area contributed by atoms with E-state index >= 15 is 0 Å². The van der Waals surface area contributed by atoms with Gasteiger partial charge in [0, 0.05) is 17.1 Å². The Morgan fingerprint density at radius 3 is 2.60 bits per heavy atom. The molecule has 1 nitrogen and oxygen atoms in total. The summed E-state index contributed by atoms with van der Waals surface area (Å²) in [5, 5.41) is 1.43. The van der Waals surface area contributed by atoms with Crippen LogP contribution in [0.3, 0.4) is 0 Å². The number of hydrogen-bond acceptors (Lipinski definition) is 1. The smallest absolute Gasteiger partial charge is 0.0667 e. The van der Waals surface area contributed by atoms with Gasteiger partial charge in [0.05, 0.1) is 10.7 Å². The third kappa shape index (κ3) is 2.39. The molecule has 0 aliphatic rings. The van der Waals surface area contributed by atoms with Crippen LogP contribution in [0.1, 0.15) is 5.69 Å². The maximum Gasteiger partial charge on any atom is 0.0667 e. The summed E-state index contributed by atoms with van der Waals surface area (Å²) in [6.45, 7) is 0. The number of nitrogens with zero attached hydrogens (tertiary/aromatic N) is 1. The summed E-state index contributed by atoms with van der Waals surface area (Å²) in [7, 11) is 0. The third-order valence-corrected chi connectivity index (χ3v) is 3.01. The summed E-state index contributed by atoms with van der Waals surface area (Å²) in [4.78, 5) is 4.20. The van der Waals surface area contributed by atoms with Gasteiger partial charge in [-0.3, -0.25) is 4.98 Å². The second-order valence-electron chi connectivity index (χ2n) is 3.16. The van der Waals surface area contributed by atoms with Crippen molar-refractivity contribution in [1.82, 2.24) is 4.98 Å². The van der Waals surface area contributed by atoms with Gasteiger partial charge in [-0.2, -0.15) is 0 Å². The second kappa shape index (κ2) is 4.77. The summed E-state index contributed by atoms with van der Waals surface area (Å²) in [5.74, 6) is 0. The van der Waals surface area contributed by atoms with Gasteiger partial charge in [0.2, 0.25) is 0 Å². The molecule has 2 aromatic rings. The quantitative estimate of drug-likeness (QED) is 0.749. The minimum Gasteiger partial charge on any atom is -0.259 e. The highest BCUT2D eigenvalue weighted by molar-refractivity contribution is 9.08. The molecule has 1 aromatic heterocycles. The zero-order valence-electron chi connectivity index (χ0n) is 7.95. The number of aromatic nitrogens is 1. The van der Waals surface area contributed by atoms with Crippen LogP contribution >= 0.6 is 27.5 Å². The van der Waals surface area contributed by atoms with Crippen molar-refractivity contribution in [3.63, 3.8) is 0 Å². The molecule has 0 radical (unpaired) electrons. The van der Waals surface area contributed by atoms with Crippen molar-refractivity contribution >= 4 is 27.5 Å². The lowest BCUT2D eigenvalue weighted by Crippen LogP contribution is -1.87. The van der Waals surface area contributed by atoms with E-state index < -0.39 is 0 Å². The SMILES string of the molecule is Clc1cnc(CBr)cc1-c1ccccc1. The van der Waals surface area contributed by atoms with Gasteiger partial charge in [-0.15, -0.1) is 0 Å². The maximum atomic E-state index is 6.11. The predicted octanol–water partition coefficient (Wildman–Crippen LogP) is 4.30. The van der Waals surface area contributed by atoms with Crippen molar-refractivity contribution in [2.45, 2.75) is 5.33 Å². The molecule has 0 bridgehead atoms. The molecule has 0 atom stereocenters. The number of alkyl halides is 1. The Hall–Kier alpha value is -0.860. The molecule has 0 saturated carbocycles. The molecule has 2 rings (SSSR count). The van der Waals surface area contributed by atoms with Crippen LogP contribution in [-0.2, 0) is 5.33 Å². The lowest BCUT2D eigenvalue weighted by Gasteiger charge is -2.05. The monoisotopic (exact) mass is 281 g/mol. The zero-order valence-corrected chi connectivity index (χ0v) is 10.3. The van der Waals surface area contributed by atoms with Crippen LogP contribution in [0.5, 0.6) is 0 Å². The number of benzene rings is 1. The highest BCUT2D eigenvalue weighted by Gasteiger charge is 2.04. The Kier molecular flexibility index (Phi) is 3.39. The van der Waals surface area contributed by atoms with Crippen LogP contribution in [0.25, 0.3) is 11.1 Å². The van der Waals surface area contributed by atoms with Gasteiger partial charge in [-0.1, -0.05) is 57.9 Å². The normalized spacial score (nSPS) is 10.3. The van der Waals surface area contributed by atoms with Crippen LogP contribution < -0.4 is 0 Å². The second-order valence-corrected chi connectivity index (χ2v) is 4.12. The predicted molar refractivity (Wildman–Crippen MR) is 67.3 cm³/mol. The van der Waals surface area contributed by atoms with Gasteiger partial charge in [0.1, 0.15) is 0 Å². The Morgan fingerprint density at radius 2 is 1.93 bits per heavy atom. The molecule has 3 heteroatoms. The molecule has 1 heterocycles. The van der Waals surface area contributed by atoms with E-state index in [1.807, 2.05) is 36.4 Å². The molecule has 0 aliphatic heterocycles. The maximum absolute atomic E-state index is 6.11. The molecule has 76 valence electrons. The van der Waals surface area contributed by atoms with E-state index in [1.54, 1.807) is 6.20 Å². The van der Waals surface area contributed by atoms with Gasteiger partial charge < -0.3 is 0 Å². The molecule has 15 heavy (non-hydrogen) atoms. The van der Waals surface area contributed by atoms with Crippen molar-refractivity contribution < 1.29 is 0 Å². The number of halogens is 2. The van der Waals surface area contributed by atoms with E-state index in [1.165, 1.54) is 0 Å². The molecular weight excluding hydrogens is 273 g/mol. The van der Waals surface area contributed by atoms with E-state index in [2.05, 4.69) is 20.9 Å². The first kappa shape index (κ1) is 10.7. The summed E-state index contributed by atoms with van der Waals surface area (Å²) in [6, 6.07) is 12.1. The van der Waals surface area contributed by atoms with Crippen molar-refractivity contribution in [1.29, 1.82) is 0 Å². The average molecular weight is 283 g/mol. The van der Waals surface area contributed by atoms with E-state index in [0.717, 1.165) is 22.2 Å². The van der Waals surface area contributed by atoms with Crippen LogP contribution in [0.4, 0.5) is 0 Å². The van der Waals surface area contributed by atoms with E-state index in [0.29, 0.717) is 5.02 Å². The van der Waals surface area contributed by atoms with Crippen molar-refractivity contribution in [2.24, 2.45) is 0 Å². The molecule has 0 fully saturated rings. The summed E-state index contributed by atoms with van der Waals surface area (Å²) in [6.07, 6.45) is 1.69. The Bertz CT molecular complexity index is 456. The highest BCUT2D eigenvalue weighted by atomic mass is 79.9. The van der Waals surface area contributed by atoms with Gasteiger partial charge in [-0.25, -0.2) is 0 Å². The lowest BCUT2D eigenvalue weighted by molar-refractivity contribution is 1.19. The topological polar surface area (TPSA) is 12.9 Å². The van der Waals surface area contributed by atoms with E-state index in [4.69, 9.17) is 11.6 Å². The number of hydrogen-bond donors (Lipinski definition) is 0. The summed E-state index contributed by atoms with van der Waals surface area (Å²) >= 11 is 9.49. The molecule has 1 aromatic carbocycles. The van der Waals surface area contributed by atoms with E-state index in [-0.39, 0.29) is 0 Å². The van der Waals surface area contributed by atoms with Gasteiger partial charge >= 0.3 is 0 Å². The molecule has 0 aliphatic carbocycles. The molecule has 0 unspecified atom stereocenters. The third-order valence-electron chi connectivity index (χ3n) is 2.13. The fourth-order valence-electron chi connectivity index (χ4n) is 1.39. The molecule has 0 saturated heterocycles. The lowest BCUT2D eigenvalue weighted by atomic mass is 10.1. The first-order valence-corrected chi connectivity index (χ1v) is 6.07. The van der Waals surface area contributed by atoms with Crippen LogP contribution in [0.2, 0.25) is 5.02 Å². The fraction of sp³-hybridized carbons (Fsp3) is 0.0833. The van der Waals surface area contributed by atoms with E-state index in [9.17, 15) is 0 Å². The minimum atomic E-state index is 0.686. The van der Waals surface area contributed by atoms with Crippen molar-refractivity contribution in [3.05, 3.63) is 53.3 Å². The van der Waals surface area contributed by atoms with Crippen molar-refractivity contribution in [2.75, 3.05) is 0 Å². The van der Waals surface area contributed by atoms with Gasteiger partial charge in [0.25, 0.3) is 0 Å². The molecule has 0 amide bonds. The molecule has 0 N–H and O–H groups in total. The first-order chi connectivity index (χ1) is 7.31. The van der Waals surface area contributed by atoms with Gasteiger partial charge in [-0.05, 0) is 11.6 Å². The molecule has 0 spiro atoms. The average Bonchev–Trinajstić information content (AvgIpc) is 2.31. The largest absolute Gasteiger partial charge is 0.259 e. The zero-order chi connectivity index (χ0) is 10.7. The fourth-order valence-corrected chi connectivity index (χ4v) is 1.91. The number of rotatable bonds is 2. The Balaban J connectivity index is 2.52.